The van der Waals surface area contributed by atoms with E-state index in [0.29, 0.717) is 6.54 Å². The van der Waals surface area contributed by atoms with Crippen LogP contribution in [0.3, 0.4) is 0 Å². The van der Waals surface area contributed by atoms with Gasteiger partial charge in [-0.3, -0.25) is 0 Å². The Labute approximate surface area is 125 Å². The first-order chi connectivity index (χ1) is 9.22. The quantitative estimate of drug-likeness (QED) is 0.780. The van der Waals surface area contributed by atoms with Gasteiger partial charge in [0.05, 0.1) is 4.99 Å². The Morgan fingerprint density at radius 3 is 2.65 bits per heavy atom. The van der Waals surface area contributed by atoms with Crippen LogP contribution in [0.5, 0.6) is 5.75 Å². The maximum atomic E-state index is 6.31. The van der Waals surface area contributed by atoms with Gasteiger partial charge in [-0.25, -0.2) is 0 Å². The highest BCUT2D eigenvalue weighted by Gasteiger charge is 2.48. The van der Waals surface area contributed by atoms with Crippen LogP contribution in [0.1, 0.15) is 50.3 Å². The Morgan fingerprint density at radius 1 is 1.40 bits per heavy atom. The molecule has 0 saturated carbocycles. The largest absolute Gasteiger partial charge is 0.485 e. The van der Waals surface area contributed by atoms with Crippen molar-refractivity contribution >= 4 is 22.9 Å². The standard InChI is InChI=1S/C16H22N2OS/c1-8-6-10-9(2)16(5,7-17)19-13(10)11-12(8)18-14(20)15(11,3)4/h6,9H,7,17H2,1-5H3,(H,18,20)/t9-,16+/m1/s1. The maximum Gasteiger partial charge on any atom is 0.130 e. The summed E-state index contributed by atoms with van der Waals surface area (Å²) in [5.41, 5.74) is 10.2. The minimum atomic E-state index is -0.329. The molecule has 4 heteroatoms. The number of hydrogen-bond acceptors (Lipinski definition) is 3. The minimum absolute atomic E-state index is 0.194. The van der Waals surface area contributed by atoms with Crippen LogP contribution in [0.25, 0.3) is 0 Å². The highest BCUT2D eigenvalue weighted by atomic mass is 32.1. The number of ether oxygens (including phenoxy) is 1. The van der Waals surface area contributed by atoms with Gasteiger partial charge in [0.1, 0.15) is 11.4 Å². The van der Waals surface area contributed by atoms with Gasteiger partial charge in [-0.2, -0.15) is 0 Å². The van der Waals surface area contributed by atoms with E-state index >= 15 is 0 Å². The highest BCUT2D eigenvalue weighted by Crippen LogP contribution is 2.54. The Bertz CT molecular complexity index is 623. The lowest BCUT2D eigenvalue weighted by Gasteiger charge is -2.27. The second-order valence-corrected chi connectivity index (χ2v) is 7.19. The summed E-state index contributed by atoms with van der Waals surface area (Å²) >= 11 is 5.51. The van der Waals surface area contributed by atoms with E-state index < -0.39 is 0 Å². The highest BCUT2D eigenvalue weighted by molar-refractivity contribution is 7.80. The van der Waals surface area contributed by atoms with Crippen LogP contribution < -0.4 is 15.8 Å². The van der Waals surface area contributed by atoms with E-state index in [9.17, 15) is 0 Å². The van der Waals surface area contributed by atoms with Gasteiger partial charge in [0.25, 0.3) is 0 Å². The van der Waals surface area contributed by atoms with Crippen molar-refractivity contribution < 1.29 is 4.74 Å². The second-order valence-electron chi connectivity index (χ2n) is 6.78. The van der Waals surface area contributed by atoms with Gasteiger partial charge in [-0.15, -0.1) is 0 Å². The van der Waals surface area contributed by atoms with Gasteiger partial charge in [0.15, 0.2) is 0 Å². The number of benzene rings is 1. The van der Waals surface area contributed by atoms with Crippen molar-refractivity contribution in [2.75, 3.05) is 11.9 Å². The zero-order chi connectivity index (χ0) is 14.9. The normalized spacial score (nSPS) is 29.7. The predicted octanol–water partition coefficient (Wildman–Crippen LogP) is 3.24. The van der Waals surface area contributed by atoms with Crippen molar-refractivity contribution in [1.82, 2.24) is 0 Å². The first-order valence-corrected chi connectivity index (χ1v) is 7.51. The van der Waals surface area contributed by atoms with Gasteiger partial charge >= 0.3 is 0 Å². The molecule has 2 atom stereocenters. The minimum Gasteiger partial charge on any atom is -0.485 e. The average Bonchev–Trinajstić information content (AvgIpc) is 2.77. The van der Waals surface area contributed by atoms with Crippen LogP contribution in [0, 0.1) is 6.92 Å². The van der Waals surface area contributed by atoms with Crippen molar-refractivity contribution in [2.24, 2.45) is 5.73 Å². The van der Waals surface area contributed by atoms with E-state index in [0.717, 1.165) is 16.4 Å². The molecule has 0 radical (unpaired) electrons. The zero-order valence-electron chi connectivity index (χ0n) is 12.8. The molecule has 0 aliphatic carbocycles. The molecule has 1 aromatic carbocycles. The number of hydrogen-bond donors (Lipinski definition) is 2. The first kappa shape index (κ1) is 13.8. The summed E-state index contributed by atoms with van der Waals surface area (Å²) < 4.78 is 6.31. The number of fused-ring (bicyclic) bond motifs is 3. The third-order valence-corrected chi connectivity index (χ3v) is 5.67. The number of nitrogens with one attached hydrogen (secondary N) is 1. The summed E-state index contributed by atoms with van der Waals surface area (Å²) in [7, 11) is 0. The number of nitrogens with two attached hydrogens (primary N) is 1. The fraction of sp³-hybridized carbons (Fsp3) is 0.562. The van der Waals surface area contributed by atoms with Gasteiger partial charge < -0.3 is 15.8 Å². The molecule has 0 aromatic heterocycles. The first-order valence-electron chi connectivity index (χ1n) is 7.11. The molecule has 3 rings (SSSR count). The Morgan fingerprint density at radius 2 is 2.05 bits per heavy atom. The van der Waals surface area contributed by atoms with Crippen LogP contribution in [-0.2, 0) is 5.41 Å². The topological polar surface area (TPSA) is 47.3 Å². The summed E-state index contributed by atoms with van der Waals surface area (Å²) in [6.45, 7) is 11.2. The third kappa shape index (κ3) is 1.52. The van der Waals surface area contributed by atoms with E-state index in [4.69, 9.17) is 22.7 Å². The third-order valence-electron chi connectivity index (χ3n) is 5.06. The van der Waals surface area contributed by atoms with Gasteiger partial charge in [-0.1, -0.05) is 19.1 Å². The molecule has 2 aliphatic rings. The fourth-order valence-electron chi connectivity index (χ4n) is 3.27. The van der Waals surface area contributed by atoms with Gasteiger partial charge in [0, 0.05) is 34.7 Å². The molecule has 0 unspecified atom stereocenters. The number of aryl methyl sites for hydroxylation is 1. The van der Waals surface area contributed by atoms with Crippen molar-refractivity contribution in [2.45, 2.75) is 51.6 Å². The molecule has 0 saturated heterocycles. The van der Waals surface area contributed by atoms with Crippen LogP contribution in [0.4, 0.5) is 5.69 Å². The Hall–Kier alpha value is -1.13. The summed E-state index contributed by atoms with van der Waals surface area (Å²) in [5, 5.41) is 3.37. The summed E-state index contributed by atoms with van der Waals surface area (Å²) in [6, 6.07) is 2.22. The number of thiocarbonyl (C=S) groups is 1. The summed E-state index contributed by atoms with van der Waals surface area (Å²) in [5.74, 6) is 1.28. The monoisotopic (exact) mass is 290 g/mol. The number of rotatable bonds is 1. The molecule has 1 aromatic rings. The molecule has 0 bridgehead atoms. The van der Waals surface area contributed by atoms with Crippen LogP contribution in [0.15, 0.2) is 6.07 Å². The Balaban J connectivity index is 2.28. The smallest absolute Gasteiger partial charge is 0.130 e. The molecule has 108 valence electrons. The fourth-order valence-corrected chi connectivity index (χ4v) is 3.47. The number of anilines is 1. The zero-order valence-corrected chi connectivity index (χ0v) is 13.6. The molecule has 20 heavy (non-hydrogen) atoms. The van der Waals surface area contributed by atoms with E-state index in [1.807, 2.05) is 0 Å². The van der Waals surface area contributed by atoms with Gasteiger partial charge in [0.2, 0.25) is 0 Å². The lowest BCUT2D eigenvalue weighted by molar-refractivity contribution is 0.102. The Kier molecular flexibility index (Phi) is 2.73. The molecule has 2 heterocycles. The van der Waals surface area contributed by atoms with Crippen molar-refractivity contribution in [3.63, 3.8) is 0 Å². The van der Waals surface area contributed by atoms with Crippen LogP contribution in [-0.4, -0.2) is 17.1 Å². The maximum absolute atomic E-state index is 6.31. The van der Waals surface area contributed by atoms with E-state index in [2.05, 4.69) is 46.0 Å². The molecule has 0 spiro atoms. The SMILES string of the molecule is Cc1cc2c(c3c1NC(=S)C3(C)C)O[C@@](C)(CN)[C@@H]2C. The molecule has 3 N–H and O–H groups in total. The molecular weight excluding hydrogens is 268 g/mol. The molecular formula is C16H22N2OS. The lowest BCUT2D eigenvalue weighted by Crippen LogP contribution is -2.41. The van der Waals surface area contributed by atoms with Crippen molar-refractivity contribution in [3.8, 4) is 5.75 Å². The summed E-state index contributed by atoms with van der Waals surface area (Å²) in [4.78, 5) is 0.863. The molecule has 0 fully saturated rings. The van der Waals surface area contributed by atoms with Gasteiger partial charge in [-0.05, 0) is 39.3 Å². The van der Waals surface area contributed by atoms with Crippen molar-refractivity contribution in [3.05, 3.63) is 22.8 Å². The molecule has 2 aliphatic heterocycles. The van der Waals surface area contributed by atoms with Crippen LogP contribution >= 0.6 is 12.2 Å². The summed E-state index contributed by atoms with van der Waals surface area (Å²) in [6.07, 6.45) is 0. The van der Waals surface area contributed by atoms with Crippen LogP contribution in [0.2, 0.25) is 0 Å². The average molecular weight is 290 g/mol. The predicted molar refractivity (Wildman–Crippen MR) is 86.9 cm³/mol. The van der Waals surface area contributed by atoms with Crippen molar-refractivity contribution in [1.29, 1.82) is 0 Å². The molecule has 0 amide bonds. The van der Waals surface area contributed by atoms with E-state index in [1.54, 1.807) is 0 Å². The molecule has 3 nitrogen and oxygen atoms in total. The second kappa shape index (κ2) is 3.95. The van der Waals surface area contributed by atoms with E-state index in [1.165, 1.54) is 16.7 Å². The lowest BCUT2D eigenvalue weighted by atomic mass is 9.81. The van der Waals surface area contributed by atoms with E-state index in [-0.39, 0.29) is 16.9 Å².